The minimum atomic E-state index is -0.879. The summed E-state index contributed by atoms with van der Waals surface area (Å²) in [6, 6.07) is 6.77. The van der Waals surface area contributed by atoms with Gasteiger partial charge in [0.05, 0.1) is 11.0 Å². The number of benzene rings is 1. The van der Waals surface area contributed by atoms with Gasteiger partial charge in [-0.2, -0.15) is 5.26 Å². The average Bonchev–Trinajstić information content (AvgIpc) is 2.36. The van der Waals surface area contributed by atoms with Gasteiger partial charge in [-0.3, -0.25) is 15.4 Å². The van der Waals surface area contributed by atoms with Crippen molar-refractivity contribution >= 4 is 5.69 Å². The Balaban J connectivity index is 2.98. The molecule has 1 N–H and O–H groups in total. The lowest BCUT2D eigenvalue weighted by atomic mass is 10.1. The summed E-state index contributed by atoms with van der Waals surface area (Å²) in [5.74, 6) is 0.208. The summed E-state index contributed by atoms with van der Waals surface area (Å²) in [5.41, 5.74) is -0.303. The van der Waals surface area contributed by atoms with E-state index in [1.165, 1.54) is 6.07 Å². The van der Waals surface area contributed by atoms with Gasteiger partial charge in [-0.25, -0.2) is 0 Å². The Bertz CT molecular complexity index is 496. The maximum Gasteiger partial charge on any atom is 0.311 e. The summed E-state index contributed by atoms with van der Waals surface area (Å²) in [7, 11) is 1.64. The normalized spacial score (nSPS) is 13.4. The summed E-state index contributed by atoms with van der Waals surface area (Å²) in [6.45, 7) is 3.42. The Labute approximate surface area is 105 Å². The van der Waals surface area contributed by atoms with Crippen molar-refractivity contribution in [2.75, 3.05) is 13.7 Å². The topological polar surface area (TPSA) is 88.2 Å². The lowest BCUT2D eigenvalue weighted by Gasteiger charge is -2.21. The first-order valence-electron chi connectivity index (χ1n) is 5.40. The number of ether oxygens (including phenoxy) is 1. The van der Waals surface area contributed by atoms with Crippen LogP contribution in [0.15, 0.2) is 18.2 Å². The van der Waals surface area contributed by atoms with Crippen LogP contribution in [-0.4, -0.2) is 24.1 Å². The number of hydrogen-bond donors (Lipinski definition) is 1. The molecule has 0 radical (unpaired) electrons. The minimum absolute atomic E-state index is 0.0334. The van der Waals surface area contributed by atoms with Crippen LogP contribution in [0.3, 0.4) is 0 Å². The molecule has 1 aromatic carbocycles. The van der Waals surface area contributed by atoms with Gasteiger partial charge in [-0.05, 0) is 26.5 Å². The molecule has 96 valence electrons. The number of nitrogens with one attached hydrogen (secondary N) is 1. The summed E-state index contributed by atoms with van der Waals surface area (Å²) in [4.78, 5) is 10.4. The first-order chi connectivity index (χ1) is 8.43. The highest BCUT2D eigenvalue weighted by atomic mass is 16.6. The molecule has 1 aromatic rings. The highest BCUT2D eigenvalue weighted by molar-refractivity contribution is 5.51. The standard InChI is InChI=1S/C12H15N3O3/c1-9-5-4-6-10(15(16)17)11(9)18-8-12(2,7-13)14-3/h4-6,14H,8H2,1-3H3. The van der Waals surface area contributed by atoms with Crippen molar-refractivity contribution < 1.29 is 9.66 Å². The number of nitrogens with zero attached hydrogens (tertiary/aromatic N) is 2. The van der Waals surface area contributed by atoms with Crippen molar-refractivity contribution in [1.82, 2.24) is 5.32 Å². The molecule has 0 aliphatic rings. The molecule has 0 spiro atoms. The lowest BCUT2D eigenvalue weighted by molar-refractivity contribution is -0.386. The molecule has 0 amide bonds. The SMILES string of the molecule is CNC(C)(C#N)COc1c(C)cccc1[N+](=O)[O-]. The van der Waals surface area contributed by atoms with Crippen molar-refractivity contribution in [1.29, 1.82) is 5.26 Å². The van der Waals surface area contributed by atoms with E-state index < -0.39 is 10.5 Å². The highest BCUT2D eigenvalue weighted by Crippen LogP contribution is 2.30. The number of nitriles is 1. The number of aryl methyl sites for hydroxylation is 1. The van der Waals surface area contributed by atoms with Crippen molar-refractivity contribution in [2.24, 2.45) is 0 Å². The van der Waals surface area contributed by atoms with Crippen molar-refractivity contribution in [3.8, 4) is 11.8 Å². The van der Waals surface area contributed by atoms with E-state index in [2.05, 4.69) is 11.4 Å². The molecular weight excluding hydrogens is 234 g/mol. The van der Waals surface area contributed by atoms with Crippen molar-refractivity contribution in [2.45, 2.75) is 19.4 Å². The number of likely N-dealkylation sites (N-methyl/N-ethyl adjacent to an activating group) is 1. The smallest absolute Gasteiger partial charge is 0.311 e. The largest absolute Gasteiger partial charge is 0.484 e. The molecule has 0 saturated carbocycles. The molecule has 0 heterocycles. The van der Waals surface area contributed by atoms with Gasteiger partial charge < -0.3 is 4.74 Å². The molecule has 6 nitrogen and oxygen atoms in total. The molecule has 0 aliphatic heterocycles. The van der Waals surface area contributed by atoms with E-state index in [-0.39, 0.29) is 18.0 Å². The quantitative estimate of drug-likeness (QED) is 0.634. The molecule has 0 aromatic heterocycles. The maximum atomic E-state index is 10.9. The fourth-order valence-electron chi connectivity index (χ4n) is 1.35. The van der Waals surface area contributed by atoms with Crippen LogP contribution in [0.4, 0.5) is 5.69 Å². The molecule has 0 fully saturated rings. The molecule has 6 heteroatoms. The van der Waals surface area contributed by atoms with Crippen LogP contribution in [0.1, 0.15) is 12.5 Å². The van der Waals surface area contributed by atoms with Crippen molar-refractivity contribution in [3.63, 3.8) is 0 Å². The predicted octanol–water partition coefficient (Wildman–Crippen LogP) is 1.78. The number of nitro groups is 1. The molecule has 1 unspecified atom stereocenters. The number of nitro benzene ring substituents is 1. The Morgan fingerprint density at radius 1 is 1.61 bits per heavy atom. The van der Waals surface area contributed by atoms with E-state index in [1.54, 1.807) is 33.0 Å². The summed E-state index contributed by atoms with van der Waals surface area (Å²) in [5, 5.41) is 22.7. The van der Waals surface area contributed by atoms with Crippen molar-refractivity contribution in [3.05, 3.63) is 33.9 Å². The molecule has 1 atom stereocenters. The molecule has 18 heavy (non-hydrogen) atoms. The van der Waals surface area contributed by atoms with Crippen LogP contribution < -0.4 is 10.1 Å². The molecule has 0 saturated heterocycles. The summed E-state index contributed by atoms with van der Waals surface area (Å²) >= 11 is 0. The van der Waals surface area contributed by atoms with E-state index >= 15 is 0 Å². The van der Waals surface area contributed by atoms with E-state index in [1.807, 2.05) is 0 Å². The molecule has 1 rings (SSSR count). The third kappa shape index (κ3) is 2.96. The predicted molar refractivity (Wildman–Crippen MR) is 66.4 cm³/mol. The zero-order valence-corrected chi connectivity index (χ0v) is 10.6. The van der Waals surface area contributed by atoms with Crippen LogP contribution in [0.25, 0.3) is 0 Å². The zero-order valence-electron chi connectivity index (χ0n) is 10.6. The second-order valence-electron chi connectivity index (χ2n) is 4.16. The third-order valence-electron chi connectivity index (χ3n) is 2.69. The average molecular weight is 249 g/mol. The van der Waals surface area contributed by atoms with Gasteiger partial charge in [0.2, 0.25) is 0 Å². The number of rotatable bonds is 5. The fraction of sp³-hybridized carbons (Fsp3) is 0.417. The fourth-order valence-corrected chi connectivity index (χ4v) is 1.35. The van der Waals surface area contributed by atoms with E-state index in [9.17, 15) is 10.1 Å². The van der Waals surface area contributed by atoms with E-state index in [0.717, 1.165) is 0 Å². The van der Waals surface area contributed by atoms with Crippen LogP contribution in [0, 0.1) is 28.4 Å². The highest BCUT2D eigenvalue weighted by Gasteiger charge is 2.25. The minimum Gasteiger partial charge on any atom is -0.484 e. The second-order valence-corrected chi connectivity index (χ2v) is 4.16. The van der Waals surface area contributed by atoms with E-state index in [0.29, 0.717) is 5.56 Å². The molecule has 0 aliphatic carbocycles. The second kappa shape index (κ2) is 5.47. The first kappa shape index (κ1) is 13.9. The lowest BCUT2D eigenvalue weighted by Crippen LogP contribution is -2.43. The Morgan fingerprint density at radius 3 is 2.78 bits per heavy atom. The van der Waals surface area contributed by atoms with E-state index in [4.69, 9.17) is 10.00 Å². The number of hydrogen-bond acceptors (Lipinski definition) is 5. The third-order valence-corrected chi connectivity index (χ3v) is 2.69. The van der Waals surface area contributed by atoms with Crippen LogP contribution in [0.5, 0.6) is 5.75 Å². The van der Waals surface area contributed by atoms with Crippen LogP contribution >= 0.6 is 0 Å². The Morgan fingerprint density at radius 2 is 2.28 bits per heavy atom. The van der Waals surface area contributed by atoms with Gasteiger partial charge in [-0.1, -0.05) is 12.1 Å². The Kier molecular flexibility index (Phi) is 4.23. The Hall–Kier alpha value is -2.13. The maximum absolute atomic E-state index is 10.9. The van der Waals surface area contributed by atoms with Gasteiger partial charge >= 0.3 is 5.69 Å². The zero-order chi connectivity index (χ0) is 13.8. The van der Waals surface area contributed by atoms with Gasteiger partial charge in [0.1, 0.15) is 12.1 Å². The van der Waals surface area contributed by atoms with Gasteiger partial charge in [0.15, 0.2) is 5.75 Å². The molecular formula is C12H15N3O3. The van der Waals surface area contributed by atoms with Gasteiger partial charge in [0.25, 0.3) is 0 Å². The molecule has 0 bridgehead atoms. The summed E-state index contributed by atoms with van der Waals surface area (Å²) in [6.07, 6.45) is 0. The van der Waals surface area contributed by atoms with Crippen LogP contribution in [0.2, 0.25) is 0 Å². The van der Waals surface area contributed by atoms with Gasteiger partial charge in [0, 0.05) is 6.07 Å². The summed E-state index contributed by atoms with van der Waals surface area (Å²) < 4.78 is 5.45. The van der Waals surface area contributed by atoms with Gasteiger partial charge in [-0.15, -0.1) is 0 Å². The van der Waals surface area contributed by atoms with Crippen LogP contribution in [-0.2, 0) is 0 Å². The number of para-hydroxylation sites is 1. The first-order valence-corrected chi connectivity index (χ1v) is 5.40. The monoisotopic (exact) mass is 249 g/mol.